The number of benzene rings is 2. The molecular formula is C21H14FN5O. The largest absolute Gasteiger partial charge is 0.301 e. The highest BCUT2D eigenvalue weighted by molar-refractivity contribution is 5.83. The SMILES string of the molecule is O=c1cnc2cnccc2n1Cc1ccc(-c2ccc3cn[nH]c3c2)cc1F. The fourth-order valence-corrected chi connectivity index (χ4v) is 3.32. The van der Waals surface area contributed by atoms with Crippen LogP contribution in [0.1, 0.15) is 5.56 Å². The highest BCUT2D eigenvalue weighted by Gasteiger charge is 2.10. The second-order valence-electron chi connectivity index (χ2n) is 6.53. The van der Waals surface area contributed by atoms with Gasteiger partial charge in [-0.15, -0.1) is 0 Å². The van der Waals surface area contributed by atoms with Gasteiger partial charge in [0.2, 0.25) is 0 Å². The number of rotatable bonds is 3. The minimum Gasteiger partial charge on any atom is -0.301 e. The molecule has 28 heavy (non-hydrogen) atoms. The molecule has 0 saturated heterocycles. The molecule has 0 spiro atoms. The van der Waals surface area contributed by atoms with Crippen LogP contribution in [-0.4, -0.2) is 24.7 Å². The number of nitrogens with zero attached hydrogens (tertiary/aromatic N) is 4. The first kappa shape index (κ1) is 16.3. The Kier molecular flexibility index (Phi) is 3.72. The Morgan fingerprint density at radius 1 is 1.00 bits per heavy atom. The molecule has 0 amide bonds. The fourth-order valence-electron chi connectivity index (χ4n) is 3.32. The fraction of sp³-hybridized carbons (Fsp3) is 0.0476. The van der Waals surface area contributed by atoms with E-state index >= 15 is 0 Å². The Morgan fingerprint density at radius 2 is 1.86 bits per heavy atom. The molecule has 0 radical (unpaired) electrons. The van der Waals surface area contributed by atoms with Gasteiger partial charge in [0.15, 0.2) is 0 Å². The Hall–Kier alpha value is -3.87. The monoisotopic (exact) mass is 371 g/mol. The summed E-state index contributed by atoms with van der Waals surface area (Å²) in [4.78, 5) is 20.4. The molecule has 0 aliphatic carbocycles. The van der Waals surface area contributed by atoms with Crippen molar-refractivity contribution in [1.29, 1.82) is 0 Å². The van der Waals surface area contributed by atoms with E-state index in [1.807, 2.05) is 24.3 Å². The summed E-state index contributed by atoms with van der Waals surface area (Å²) in [7, 11) is 0. The number of hydrogen-bond acceptors (Lipinski definition) is 4. The van der Waals surface area contributed by atoms with Crippen molar-refractivity contribution in [2.75, 3.05) is 0 Å². The number of hydrogen-bond donors (Lipinski definition) is 1. The van der Waals surface area contributed by atoms with Crippen molar-refractivity contribution in [3.8, 4) is 11.1 Å². The summed E-state index contributed by atoms with van der Waals surface area (Å²) < 4.78 is 16.3. The first-order chi connectivity index (χ1) is 13.7. The van der Waals surface area contributed by atoms with E-state index in [2.05, 4.69) is 20.2 Å². The van der Waals surface area contributed by atoms with Gasteiger partial charge in [-0.2, -0.15) is 5.10 Å². The van der Waals surface area contributed by atoms with E-state index in [0.29, 0.717) is 16.6 Å². The van der Waals surface area contributed by atoms with Gasteiger partial charge >= 0.3 is 0 Å². The van der Waals surface area contributed by atoms with Gasteiger partial charge in [0.1, 0.15) is 11.3 Å². The van der Waals surface area contributed by atoms with Gasteiger partial charge in [-0.25, -0.2) is 9.37 Å². The minimum absolute atomic E-state index is 0.119. The Bertz CT molecular complexity index is 1390. The van der Waals surface area contributed by atoms with E-state index in [1.54, 1.807) is 30.7 Å². The van der Waals surface area contributed by atoms with Gasteiger partial charge < -0.3 is 4.57 Å². The van der Waals surface area contributed by atoms with Crippen LogP contribution in [0.3, 0.4) is 0 Å². The predicted molar refractivity (Wildman–Crippen MR) is 104 cm³/mol. The highest BCUT2D eigenvalue weighted by Crippen LogP contribution is 2.25. The molecule has 3 aromatic heterocycles. The number of nitrogens with one attached hydrogen (secondary N) is 1. The summed E-state index contributed by atoms with van der Waals surface area (Å²) in [5.74, 6) is -0.367. The summed E-state index contributed by atoms with van der Waals surface area (Å²) in [6.07, 6.45) is 6.15. The van der Waals surface area contributed by atoms with Gasteiger partial charge in [0.05, 0.1) is 36.2 Å². The topological polar surface area (TPSA) is 76.5 Å². The molecule has 6 nitrogen and oxygen atoms in total. The smallest absolute Gasteiger partial charge is 0.269 e. The van der Waals surface area contributed by atoms with Gasteiger partial charge in [-0.05, 0) is 29.3 Å². The van der Waals surface area contributed by atoms with Crippen LogP contribution in [0.2, 0.25) is 0 Å². The molecular weight excluding hydrogens is 357 g/mol. The molecule has 0 aliphatic rings. The maximum absolute atomic E-state index is 14.8. The van der Waals surface area contributed by atoms with E-state index in [-0.39, 0.29) is 17.9 Å². The Balaban J connectivity index is 1.54. The minimum atomic E-state index is -0.367. The lowest BCUT2D eigenvalue weighted by atomic mass is 10.0. The Morgan fingerprint density at radius 3 is 2.75 bits per heavy atom. The van der Waals surface area contributed by atoms with Crippen molar-refractivity contribution in [2.24, 2.45) is 0 Å². The molecule has 7 heteroatoms. The van der Waals surface area contributed by atoms with Crippen molar-refractivity contribution >= 4 is 21.9 Å². The second-order valence-corrected chi connectivity index (χ2v) is 6.53. The molecule has 0 bridgehead atoms. The summed E-state index contributed by atoms with van der Waals surface area (Å²) in [6, 6.07) is 12.6. The molecule has 0 aliphatic heterocycles. The predicted octanol–water partition coefficient (Wildman–Crippen LogP) is 3.52. The van der Waals surface area contributed by atoms with Crippen molar-refractivity contribution < 1.29 is 4.39 Å². The second kappa shape index (κ2) is 6.38. The molecule has 5 rings (SSSR count). The van der Waals surface area contributed by atoms with Gasteiger partial charge in [-0.3, -0.25) is 14.9 Å². The van der Waals surface area contributed by atoms with E-state index < -0.39 is 0 Å². The van der Waals surface area contributed by atoms with Crippen molar-refractivity contribution in [3.05, 3.63) is 89.0 Å². The standard InChI is InChI=1S/C21H14FN5O/c22-17-7-13(14-1-3-15-9-25-26-18(15)8-14)2-4-16(17)12-27-20-5-6-23-10-19(20)24-11-21(27)28/h1-11H,12H2,(H,25,26). The normalized spacial score (nSPS) is 11.3. The van der Waals surface area contributed by atoms with Crippen LogP contribution in [0.15, 0.2) is 72.0 Å². The van der Waals surface area contributed by atoms with E-state index in [0.717, 1.165) is 22.0 Å². The summed E-state index contributed by atoms with van der Waals surface area (Å²) in [6.45, 7) is 0.119. The number of aromatic amines is 1. The third kappa shape index (κ3) is 2.73. The molecule has 2 aromatic carbocycles. The third-order valence-electron chi connectivity index (χ3n) is 4.81. The lowest BCUT2D eigenvalue weighted by Gasteiger charge is -2.11. The average molecular weight is 371 g/mol. The number of halogens is 1. The number of aromatic nitrogens is 5. The maximum atomic E-state index is 14.8. The molecule has 0 saturated carbocycles. The zero-order valence-electron chi connectivity index (χ0n) is 14.6. The van der Waals surface area contributed by atoms with Crippen LogP contribution in [0.5, 0.6) is 0 Å². The van der Waals surface area contributed by atoms with Crippen molar-refractivity contribution in [1.82, 2.24) is 24.7 Å². The molecule has 0 fully saturated rings. The first-order valence-electron chi connectivity index (χ1n) is 8.70. The van der Waals surface area contributed by atoms with Crippen LogP contribution in [0.25, 0.3) is 33.1 Å². The van der Waals surface area contributed by atoms with Crippen molar-refractivity contribution in [2.45, 2.75) is 6.54 Å². The zero-order chi connectivity index (χ0) is 19.1. The van der Waals surface area contributed by atoms with E-state index in [1.165, 1.54) is 16.8 Å². The lowest BCUT2D eigenvalue weighted by Crippen LogP contribution is -2.21. The average Bonchev–Trinajstić information content (AvgIpc) is 3.19. The third-order valence-corrected chi connectivity index (χ3v) is 4.81. The molecule has 3 heterocycles. The summed E-state index contributed by atoms with van der Waals surface area (Å²) >= 11 is 0. The maximum Gasteiger partial charge on any atom is 0.269 e. The lowest BCUT2D eigenvalue weighted by molar-refractivity contribution is 0.599. The van der Waals surface area contributed by atoms with Gasteiger partial charge in [0.25, 0.3) is 5.56 Å². The summed E-state index contributed by atoms with van der Waals surface area (Å²) in [5, 5.41) is 7.92. The van der Waals surface area contributed by atoms with Crippen LogP contribution >= 0.6 is 0 Å². The number of pyridine rings is 1. The number of H-pyrrole nitrogens is 1. The molecule has 136 valence electrons. The Labute approximate surface area is 158 Å². The van der Waals surface area contributed by atoms with Gasteiger partial charge in [-0.1, -0.05) is 24.3 Å². The zero-order valence-corrected chi connectivity index (χ0v) is 14.6. The van der Waals surface area contributed by atoms with Crippen LogP contribution in [0, 0.1) is 5.82 Å². The first-order valence-corrected chi connectivity index (χ1v) is 8.70. The number of fused-ring (bicyclic) bond motifs is 2. The molecule has 1 N–H and O–H groups in total. The highest BCUT2D eigenvalue weighted by atomic mass is 19.1. The van der Waals surface area contributed by atoms with E-state index in [9.17, 15) is 9.18 Å². The molecule has 5 aromatic rings. The quantitative estimate of drug-likeness (QED) is 0.526. The summed E-state index contributed by atoms with van der Waals surface area (Å²) in [5.41, 5.74) is 3.89. The van der Waals surface area contributed by atoms with E-state index in [4.69, 9.17) is 0 Å². The van der Waals surface area contributed by atoms with Crippen LogP contribution in [0.4, 0.5) is 4.39 Å². The van der Waals surface area contributed by atoms with Gasteiger partial charge in [0, 0.05) is 17.1 Å². The van der Waals surface area contributed by atoms with Crippen LogP contribution < -0.4 is 5.56 Å². The molecule has 0 atom stereocenters. The van der Waals surface area contributed by atoms with Crippen LogP contribution in [-0.2, 0) is 6.54 Å². The van der Waals surface area contributed by atoms with Crippen molar-refractivity contribution in [3.63, 3.8) is 0 Å². The molecule has 0 unspecified atom stereocenters.